The van der Waals surface area contributed by atoms with Gasteiger partial charge >= 0.3 is 0 Å². The summed E-state index contributed by atoms with van der Waals surface area (Å²) < 4.78 is 0. The van der Waals surface area contributed by atoms with Crippen LogP contribution in [0.5, 0.6) is 0 Å². The second-order valence-corrected chi connectivity index (χ2v) is 8.30. The summed E-state index contributed by atoms with van der Waals surface area (Å²) in [5, 5.41) is 3.28. The summed E-state index contributed by atoms with van der Waals surface area (Å²) in [6.45, 7) is 1.66. The van der Waals surface area contributed by atoms with Gasteiger partial charge < -0.3 is 15.1 Å². The van der Waals surface area contributed by atoms with Crippen LogP contribution in [-0.2, 0) is 11.2 Å². The van der Waals surface area contributed by atoms with Crippen LogP contribution in [0.3, 0.4) is 0 Å². The van der Waals surface area contributed by atoms with Crippen molar-refractivity contribution >= 4 is 17.3 Å². The molecule has 0 aromatic heterocycles. The molecule has 2 aromatic rings. The van der Waals surface area contributed by atoms with E-state index in [0.717, 1.165) is 25.8 Å². The van der Waals surface area contributed by atoms with Gasteiger partial charge in [0, 0.05) is 44.5 Å². The van der Waals surface area contributed by atoms with Crippen molar-refractivity contribution in [2.75, 3.05) is 37.0 Å². The first kappa shape index (κ1) is 18.9. The average molecular weight is 378 g/mol. The third-order valence-corrected chi connectivity index (χ3v) is 6.29. The highest BCUT2D eigenvalue weighted by molar-refractivity contribution is 5.79. The molecule has 0 saturated heterocycles. The van der Waals surface area contributed by atoms with E-state index in [2.05, 4.69) is 77.7 Å². The predicted octanol–water partition coefficient (Wildman–Crippen LogP) is 4.16. The van der Waals surface area contributed by atoms with E-state index in [4.69, 9.17) is 0 Å². The summed E-state index contributed by atoms with van der Waals surface area (Å²) in [6.07, 6.45) is 5.53. The van der Waals surface area contributed by atoms with Crippen LogP contribution >= 0.6 is 0 Å². The number of fused-ring (bicyclic) bond motifs is 1. The molecule has 1 atom stereocenters. The second-order valence-electron chi connectivity index (χ2n) is 8.30. The fourth-order valence-corrected chi connectivity index (χ4v) is 4.62. The van der Waals surface area contributed by atoms with Gasteiger partial charge in [-0.25, -0.2) is 0 Å². The molecule has 1 aliphatic carbocycles. The first-order valence-electron chi connectivity index (χ1n) is 10.5. The highest BCUT2D eigenvalue weighted by Gasteiger charge is 2.29. The Bertz CT molecular complexity index is 809. The summed E-state index contributed by atoms with van der Waals surface area (Å²) >= 11 is 0. The predicted molar refractivity (Wildman–Crippen MR) is 116 cm³/mol. The third kappa shape index (κ3) is 3.87. The van der Waals surface area contributed by atoms with Gasteiger partial charge in [-0.3, -0.25) is 4.79 Å². The zero-order valence-corrected chi connectivity index (χ0v) is 17.0. The summed E-state index contributed by atoms with van der Waals surface area (Å²) in [5.74, 6) is 0.447. The lowest BCUT2D eigenvalue weighted by atomic mass is 10.0. The number of nitrogens with zero attached hydrogens (tertiary/aromatic N) is 2. The summed E-state index contributed by atoms with van der Waals surface area (Å²) in [7, 11) is 4.12. The van der Waals surface area contributed by atoms with Crippen LogP contribution in [0.4, 0.5) is 11.4 Å². The monoisotopic (exact) mass is 377 g/mol. The summed E-state index contributed by atoms with van der Waals surface area (Å²) in [4.78, 5) is 17.2. The molecule has 0 radical (unpaired) electrons. The maximum atomic E-state index is 12.6. The molecule has 28 heavy (non-hydrogen) atoms. The number of carbonyl (C=O) groups excluding carboxylic acids is 1. The minimum atomic E-state index is 0.158. The number of anilines is 2. The molecule has 1 amide bonds. The van der Waals surface area contributed by atoms with E-state index < -0.39 is 0 Å². The first-order valence-corrected chi connectivity index (χ1v) is 10.5. The van der Waals surface area contributed by atoms with E-state index in [0.29, 0.717) is 6.54 Å². The van der Waals surface area contributed by atoms with E-state index in [1.165, 1.54) is 35.3 Å². The molecule has 2 aromatic carbocycles. The fraction of sp³-hybridized carbons (Fsp3) is 0.458. The van der Waals surface area contributed by atoms with Crippen molar-refractivity contribution in [3.05, 3.63) is 59.7 Å². The molecule has 1 fully saturated rings. The normalized spacial score (nSPS) is 17.4. The van der Waals surface area contributed by atoms with Crippen LogP contribution in [0.15, 0.2) is 48.5 Å². The smallest absolute Gasteiger partial charge is 0.223 e. The Hall–Kier alpha value is -2.49. The van der Waals surface area contributed by atoms with Crippen LogP contribution < -0.4 is 15.1 Å². The highest BCUT2D eigenvalue weighted by atomic mass is 16.1. The number of nitrogens with one attached hydrogen (secondary N) is 1. The molecular weight excluding hydrogens is 346 g/mol. The van der Waals surface area contributed by atoms with Gasteiger partial charge in [-0.2, -0.15) is 0 Å². The standard InChI is InChI=1S/C24H31N3O/c1-26(2)21-13-11-19(12-14-21)23(17-25-24(28)20-8-3-4-9-20)27-16-15-18-7-5-6-10-22(18)27/h5-7,10-14,20,23H,3-4,8-9,15-17H2,1-2H3,(H,25,28)/t23-/m0/s1. The number of para-hydroxylation sites is 1. The Morgan fingerprint density at radius 3 is 2.54 bits per heavy atom. The molecule has 1 heterocycles. The summed E-state index contributed by atoms with van der Waals surface area (Å²) in [6, 6.07) is 17.6. The lowest BCUT2D eigenvalue weighted by Gasteiger charge is -2.32. The van der Waals surface area contributed by atoms with E-state index in [9.17, 15) is 4.79 Å². The molecule has 1 N–H and O–H groups in total. The number of hydrogen-bond donors (Lipinski definition) is 1. The third-order valence-electron chi connectivity index (χ3n) is 6.29. The number of benzene rings is 2. The van der Waals surface area contributed by atoms with Crippen molar-refractivity contribution in [1.82, 2.24) is 5.32 Å². The maximum Gasteiger partial charge on any atom is 0.223 e. The van der Waals surface area contributed by atoms with Crippen LogP contribution in [0.1, 0.15) is 42.9 Å². The van der Waals surface area contributed by atoms with Gasteiger partial charge in [-0.15, -0.1) is 0 Å². The molecule has 4 rings (SSSR count). The minimum Gasteiger partial charge on any atom is -0.378 e. The fourth-order valence-electron chi connectivity index (χ4n) is 4.62. The molecular formula is C24H31N3O. The molecule has 1 aliphatic heterocycles. The van der Waals surface area contributed by atoms with Crippen LogP contribution in [0.2, 0.25) is 0 Å². The molecule has 1 saturated carbocycles. The number of hydrogen-bond acceptors (Lipinski definition) is 3. The maximum absolute atomic E-state index is 12.6. The Labute approximate surface area is 168 Å². The lowest BCUT2D eigenvalue weighted by molar-refractivity contribution is -0.124. The van der Waals surface area contributed by atoms with E-state index in [-0.39, 0.29) is 17.9 Å². The topological polar surface area (TPSA) is 35.6 Å². The molecule has 0 unspecified atom stereocenters. The van der Waals surface area contributed by atoms with Gasteiger partial charge in [0.2, 0.25) is 5.91 Å². The van der Waals surface area contributed by atoms with Crippen molar-refractivity contribution < 1.29 is 4.79 Å². The van der Waals surface area contributed by atoms with E-state index in [1.54, 1.807) is 0 Å². The zero-order chi connectivity index (χ0) is 19.5. The van der Waals surface area contributed by atoms with Gasteiger partial charge in [-0.1, -0.05) is 43.2 Å². The molecule has 4 heteroatoms. The zero-order valence-electron chi connectivity index (χ0n) is 17.0. The first-order chi connectivity index (χ1) is 13.6. The van der Waals surface area contributed by atoms with E-state index >= 15 is 0 Å². The van der Waals surface area contributed by atoms with Gasteiger partial charge in [0.1, 0.15) is 0 Å². The van der Waals surface area contributed by atoms with Crippen molar-refractivity contribution in [1.29, 1.82) is 0 Å². The van der Waals surface area contributed by atoms with Crippen molar-refractivity contribution in [3.8, 4) is 0 Å². The second kappa shape index (κ2) is 8.26. The minimum absolute atomic E-state index is 0.158. The van der Waals surface area contributed by atoms with E-state index in [1.807, 2.05) is 0 Å². The van der Waals surface area contributed by atoms with Crippen molar-refractivity contribution in [2.45, 2.75) is 38.1 Å². The van der Waals surface area contributed by atoms with Crippen LogP contribution in [-0.4, -0.2) is 33.1 Å². The average Bonchev–Trinajstić information content (AvgIpc) is 3.39. The highest BCUT2D eigenvalue weighted by Crippen LogP contribution is 2.35. The lowest BCUT2D eigenvalue weighted by Crippen LogP contribution is -2.39. The van der Waals surface area contributed by atoms with Crippen LogP contribution in [0, 0.1) is 5.92 Å². The number of carbonyl (C=O) groups is 1. The molecule has 2 aliphatic rings. The molecule has 0 bridgehead atoms. The van der Waals surface area contributed by atoms with Crippen molar-refractivity contribution in [2.24, 2.45) is 5.92 Å². The van der Waals surface area contributed by atoms with Crippen LogP contribution in [0.25, 0.3) is 0 Å². The largest absolute Gasteiger partial charge is 0.378 e. The number of rotatable bonds is 6. The Morgan fingerprint density at radius 1 is 1.11 bits per heavy atom. The van der Waals surface area contributed by atoms with Gasteiger partial charge in [0.05, 0.1) is 6.04 Å². The Balaban J connectivity index is 1.57. The molecule has 148 valence electrons. The Morgan fingerprint density at radius 2 is 1.82 bits per heavy atom. The SMILES string of the molecule is CN(C)c1ccc([C@H](CNC(=O)C2CCCC2)N2CCc3ccccc32)cc1. The van der Waals surface area contributed by atoms with Gasteiger partial charge in [0.25, 0.3) is 0 Å². The van der Waals surface area contributed by atoms with Crippen molar-refractivity contribution in [3.63, 3.8) is 0 Å². The van der Waals surface area contributed by atoms with Gasteiger partial charge in [-0.05, 0) is 48.6 Å². The molecule has 0 spiro atoms. The summed E-state index contributed by atoms with van der Waals surface area (Å²) in [5.41, 5.74) is 5.16. The number of amides is 1. The molecule has 4 nitrogen and oxygen atoms in total. The quantitative estimate of drug-likeness (QED) is 0.821. The van der Waals surface area contributed by atoms with Gasteiger partial charge in [0.15, 0.2) is 0 Å². The Kier molecular flexibility index (Phi) is 5.56.